The summed E-state index contributed by atoms with van der Waals surface area (Å²) >= 11 is 0. The van der Waals surface area contributed by atoms with Crippen LogP contribution in [0.2, 0.25) is 0 Å². The minimum Gasteiger partial charge on any atom is -0.384 e. The van der Waals surface area contributed by atoms with Crippen LogP contribution >= 0.6 is 0 Å². The van der Waals surface area contributed by atoms with Gasteiger partial charge in [-0.25, -0.2) is 0 Å². The number of aliphatic hydroxyl groups excluding tert-OH is 1. The Balaban J connectivity index is 2.63. The van der Waals surface area contributed by atoms with Crippen LogP contribution in [0.4, 0.5) is 0 Å². The summed E-state index contributed by atoms with van der Waals surface area (Å²) in [6.07, 6.45) is 4.45. The summed E-state index contributed by atoms with van der Waals surface area (Å²) in [4.78, 5) is 0. The molecule has 0 fully saturated rings. The third-order valence-corrected chi connectivity index (χ3v) is 1.57. The van der Waals surface area contributed by atoms with Crippen LogP contribution in [0.3, 0.4) is 0 Å². The summed E-state index contributed by atoms with van der Waals surface area (Å²) in [5, 5.41) is 9.27. The Kier molecular flexibility index (Phi) is 3.77. The summed E-state index contributed by atoms with van der Waals surface area (Å²) < 4.78 is 0. The van der Waals surface area contributed by atoms with Crippen molar-refractivity contribution in [3.8, 4) is 0 Å². The Bertz CT molecular complexity index is 318. The lowest BCUT2D eigenvalue weighted by molar-refractivity contribution is 0.272. The fourth-order valence-corrected chi connectivity index (χ4v) is 0.950. The van der Waals surface area contributed by atoms with Crippen LogP contribution in [0.1, 0.15) is 5.56 Å². The van der Waals surface area contributed by atoms with Crippen LogP contribution in [0.5, 0.6) is 0 Å². The van der Waals surface area contributed by atoms with E-state index in [1.807, 2.05) is 36.4 Å². The van der Waals surface area contributed by atoms with Gasteiger partial charge in [0.05, 0.1) is 6.10 Å². The van der Waals surface area contributed by atoms with Crippen molar-refractivity contribution in [2.24, 2.45) is 0 Å². The van der Waals surface area contributed by atoms with E-state index in [-0.39, 0.29) is 0 Å². The molecular weight excluding hydrogens is 160 g/mol. The number of aliphatic hydroxyl groups is 1. The predicted molar refractivity (Wildman–Crippen MR) is 55.2 cm³/mol. The maximum Gasteiger partial charge on any atom is 0.0979 e. The van der Waals surface area contributed by atoms with E-state index in [0.717, 1.165) is 5.56 Å². The molecule has 0 heterocycles. The lowest BCUT2D eigenvalue weighted by Gasteiger charge is -1.95. The lowest BCUT2D eigenvalue weighted by atomic mass is 10.2. The molecule has 0 aliphatic carbocycles. The predicted octanol–water partition coefficient (Wildman–Crippen LogP) is 2.40. The first-order valence-electron chi connectivity index (χ1n) is 4.10. The second-order valence-corrected chi connectivity index (χ2v) is 2.63. The molecule has 0 spiro atoms. The molecule has 1 aromatic rings. The molecule has 0 bridgehead atoms. The molecule has 0 unspecified atom stereocenters. The molecule has 0 radical (unpaired) electrons. The zero-order valence-corrected chi connectivity index (χ0v) is 7.35. The lowest BCUT2D eigenvalue weighted by Crippen LogP contribution is -1.94. The molecule has 0 aromatic heterocycles. The molecule has 0 amide bonds. The molecule has 0 saturated carbocycles. The van der Waals surface area contributed by atoms with Gasteiger partial charge in [-0.2, -0.15) is 0 Å². The number of benzene rings is 1. The molecule has 0 aliphatic heterocycles. The Hall–Kier alpha value is -1.56. The third kappa shape index (κ3) is 3.57. The standard InChI is InChI=1S/C12H12O/c1-2-6-12(13)10-9-11-7-4-3-5-8-11/h3-10,12-13H,1H2/b10-9+/t12-/m0/s1. The quantitative estimate of drug-likeness (QED) is 0.694. The van der Waals surface area contributed by atoms with E-state index in [1.165, 1.54) is 6.08 Å². The van der Waals surface area contributed by atoms with Gasteiger partial charge in [0.2, 0.25) is 0 Å². The highest BCUT2D eigenvalue weighted by molar-refractivity contribution is 5.49. The Morgan fingerprint density at radius 3 is 2.62 bits per heavy atom. The van der Waals surface area contributed by atoms with Crippen LogP contribution in [0.15, 0.2) is 54.8 Å². The van der Waals surface area contributed by atoms with Crippen LogP contribution in [-0.2, 0) is 0 Å². The van der Waals surface area contributed by atoms with Gasteiger partial charge in [-0.3, -0.25) is 0 Å². The van der Waals surface area contributed by atoms with Crippen molar-refractivity contribution in [2.75, 3.05) is 0 Å². The molecule has 1 N–H and O–H groups in total. The molecule has 1 nitrogen and oxygen atoms in total. The third-order valence-electron chi connectivity index (χ3n) is 1.57. The minimum atomic E-state index is -0.599. The van der Waals surface area contributed by atoms with Crippen molar-refractivity contribution in [3.63, 3.8) is 0 Å². The van der Waals surface area contributed by atoms with Gasteiger partial charge in [0.1, 0.15) is 0 Å². The van der Waals surface area contributed by atoms with Gasteiger partial charge in [0.25, 0.3) is 0 Å². The van der Waals surface area contributed by atoms with Crippen molar-refractivity contribution in [1.29, 1.82) is 0 Å². The minimum absolute atomic E-state index is 0.599. The smallest absolute Gasteiger partial charge is 0.0979 e. The van der Waals surface area contributed by atoms with E-state index < -0.39 is 6.10 Å². The average molecular weight is 172 g/mol. The Morgan fingerprint density at radius 1 is 1.31 bits per heavy atom. The van der Waals surface area contributed by atoms with Gasteiger partial charge in [-0.1, -0.05) is 49.1 Å². The summed E-state index contributed by atoms with van der Waals surface area (Å²) in [6, 6.07) is 9.81. The first kappa shape index (κ1) is 9.53. The molecule has 0 aliphatic rings. The first-order chi connectivity index (χ1) is 6.33. The summed E-state index contributed by atoms with van der Waals surface area (Å²) in [5.41, 5.74) is 3.60. The van der Waals surface area contributed by atoms with Gasteiger partial charge in [0, 0.05) is 0 Å². The fourth-order valence-electron chi connectivity index (χ4n) is 0.950. The normalized spacial score (nSPS) is 12.4. The van der Waals surface area contributed by atoms with Gasteiger partial charge >= 0.3 is 0 Å². The van der Waals surface area contributed by atoms with E-state index in [9.17, 15) is 5.11 Å². The van der Waals surface area contributed by atoms with E-state index in [4.69, 9.17) is 0 Å². The van der Waals surface area contributed by atoms with Gasteiger partial charge in [-0.05, 0) is 11.6 Å². The van der Waals surface area contributed by atoms with Crippen molar-refractivity contribution < 1.29 is 5.11 Å². The monoisotopic (exact) mass is 172 g/mol. The molecule has 1 atom stereocenters. The highest BCUT2D eigenvalue weighted by atomic mass is 16.3. The summed E-state index contributed by atoms with van der Waals surface area (Å²) in [7, 11) is 0. The van der Waals surface area contributed by atoms with Crippen LogP contribution in [-0.4, -0.2) is 11.2 Å². The SMILES string of the molecule is C=C=C[C@H](O)/C=C/c1ccccc1. The zero-order chi connectivity index (χ0) is 9.52. The number of rotatable bonds is 3. The van der Waals surface area contributed by atoms with Gasteiger partial charge < -0.3 is 5.11 Å². The average Bonchev–Trinajstić information content (AvgIpc) is 2.17. The second kappa shape index (κ2) is 5.15. The summed E-state index contributed by atoms with van der Waals surface area (Å²) in [6.45, 7) is 3.38. The summed E-state index contributed by atoms with van der Waals surface area (Å²) in [5.74, 6) is 0. The molecule has 66 valence electrons. The molecule has 1 heteroatoms. The van der Waals surface area contributed by atoms with Crippen molar-refractivity contribution in [2.45, 2.75) is 6.10 Å². The van der Waals surface area contributed by atoms with Crippen LogP contribution in [0, 0.1) is 0 Å². The van der Waals surface area contributed by atoms with Crippen LogP contribution in [0.25, 0.3) is 6.08 Å². The van der Waals surface area contributed by atoms with Gasteiger partial charge in [-0.15, -0.1) is 5.73 Å². The molecule has 13 heavy (non-hydrogen) atoms. The zero-order valence-electron chi connectivity index (χ0n) is 7.35. The molecule has 1 rings (SSSR count). The highest BCUT2D eigenvalue weighted by Crippen LogP contribution is 2.02. The van der Waals surface area contributed by atoms with Crippen LogP contribution < -0.4 is 0 Å². The number of hydrogen-bond acceptors (Lipinski definition) is 1. The van der Waals surface area contributed by atoms with E-state index >= 15 is 0 Å². The van der Waals surface area contributed by atoms with Crippen molar-refractivity contribution in [3.05, 3.63) is 60.4 Å². The maximum absolute atomic E-state index is 9.27. The number of hydrogen-bond donors (Lipinski definition) is 1. The van der Waals surface area contributed by atoms with Crippen molar-refractivity contribution >= 4 is 6.08 Å². The fraction of sp³-hybridized carbons (Fsp3) is 0.0833. The Labute approximate surface area is 78.3 Å². The molecule has 1 aromatic carbocycles. The van der Waals surface area contributed by atoms with E-state index in [0.29, 0.717) is 0 Å². The molecule has 0 saturated heterocycles. The first-order valence-corrected chi connectivity index (χ1v) is 4.10. The Morgan fingerprint density at radius 2 is 2.00 bits per heavy atom. The highest BCUT2D eigenvalue weighted by Gasteiger charge is 1.89. The van der Waals surface area contributed by atoms with E-state index in [2.05, 4.69) is 12.3 Å². The molecular formula is C12H12O. The van der Waals surface area contributed by atoms with Gasteiger partial charge in [0.15, 0.2) is 0 Å². The topological polar surface area (TPSA) is 20.2 Å². The maximum atomic E-state index is 9.27. The van der Waals surface area contributed by atoms with E-state index in [1.54, 1.807) is 6.08 Å². The van der Waals surface area contributed by atoms with Crippen molar-refractivity contribution in [1.82, 2.24) is 0 Å². The largest absolute Gasteiger partial charge is 0.384 e. The second-order valence-electron chi connectivity index (χ2n) is 2.63.